The highest BCUT2D eigenvalue weighted by Crippen LogP contribution is 2.25. The molecule has 0 unspecified atom stereocenters. The first-order valence-electron chi connectivity index (χ1n) is 10.7. The first-order valence-corrected chi connectivity index (χ1v) is 10.7. The number of hydrogen-bond donors (Lipinski definition) is 3. The Morgan fingerprint density at radius 1 is 0.767 bits per heavy atom. The minimum Gasteiger partial charge on any atom is -0.349 e. The van der Waals surface area contributed by atoms with Crippen molar-refractivity contribution in [2.24, 2.45) is 5.92 Å². The monoisotopic (exact) mass is 405 g/mol. The van der Waals surface area contributed by atoms with Gasteiger partial charge in [-0.25, -0.2) is 0 Å². The summed E-state index contributed by atoms with van der Waals surface area (Å²) in [6.45, 7) is 0. The van der Waals surface area contributed by atoms with Crippen LogP contribution in [0.3, 0.4) is 0 Å². The summed E-state index contributed by atoms with van der Waals surface area (Å²) < 4.78 is 0. The fourth-order valence-corrected chi connectivity index (χ4v) is 3.82. The first-order chi connectivity index (χ1) is 14.6. The molecule has 30 heavy (non-hydrogen) atoms. The van der Waals surface area contributed by atoms with E-state index in [1.54, 1.807) is 48.5 Å². The molecule has 0 radical (unpaired) electrons. The van der Waals surface area contributed by atoms with Gasteiger partial charge in [0, 0.05) is 23.2 Å². The van der Waals surface area contributed by atoms with E-state index in [1.165, 1.54) is 6.42 Å². The molecule has 2 aromatic rings. The van der Waals surface area contributed by atoms with Crippen LogP contribution < -0.4 is 16.0 Å². The number of carbonyl (C=O) groups is 3. The van der Waals surface area contributed by atoms with Crippen molar-refractivity contribution in [2.75, 3.05) is 10.6 Å². The molecule has 3 N–H and O–H groups in total. The van der Waals surface area contributed by atoms with Crippen LogP contribution in [0.5, 0.6) is 0 Å². The van der Waals surface area contributed by atoms with Gasteiger partial charge < -0.3 is 16.0 Å². The molecule has 6 heteroatoms. The van der Waals surface area contributed by atoms with Crippen molar-refractivity contribution in [1.82, 2.24) is 5.32 Å². The van der Waals surface area contributed by atoms with E-state index in [9.17, 15) is 14.4 Å². The maximum absolute atomic E-state index is 12.8. The lowest BCUT2D eigenvalue weighted by Gasteiger charge is -2.20. The van der Waals surface area contributed by atoms with Crippen molar-refractivity contribution in [2.45, 2.75) is 51.0 Å². The minimum atomic E-state index is -0.324. The number of para-hydroxylation sites is 1. The van der Waals surface area contributed by atoms with Gasteiger partial charge in [-0.1, -0.05) is 37.5 Å². The van der Waals surface area contributed by atoms with Crippen LogP contribution in [0.2, 0.25) is 0 Å². The quantitative estimate of drug-likeness (QED) is 0.668. The average molecular weight is 405 g/mol. The summed E-state index contributed by atoms with van der Waals surface area (Å²) >= 11 is 0. The molecule has 4 rings (SSSR count). The summed E-state index contributed by atoms with van der Waals surface area (Å²) in [6.07, 6.45) is 7.22. The van der Waals surface area contributed by atoms with Crippen LogP contribution in [-0.2, 0) is 4.79 Å². The second kappa shape index (κ2) is 9.11. The molecule has 156 valence electrons. The van der Waals surface area contributed by atoms with Crippen molar-refractivity contribution in [3.05, 3.63) is 59.7 Å². The largest absolute Gasteiger partial charge is 0.349 e. The Bertz CT molecular complexity index is 946. The molecule has 0 spiro atoms. The maximum atomic E-state index is 12.8. The Morgan fingerprint density at radius 2 is 1.53 bits per heavy atom. The summed E-state index contributed by atoms with van der Waals surface area (Å²) in [5, 5.41) is 8.73. The second-order valence-electron chi connectivity index (χ2n) is 8.15. The van der Waals surface area contributed by atoms with Crippen LogP contribution in [0, 0.1) is 5.92 Å². The molecule has 2 saturated carbocycles. The highest BCUT2D eigenvalue weighted by Gasteiger charge is 2.25. The van der Waals surface area contributed by atoms with Crippen LogP contribution in [0.1, 0.15) is 65.7 Å². The number of amides is 3. The van der Waals surface area contributed by atoms with Crippen LogP contribution in [0.4, 0.5) is 11.4 Å². The second-order valence-corrected chi connectivity index (χ2v) is 8.15. The fourth-order valence-electron chi connectivity index (χ4n) is 3.82. The lowest BCUT2D eigenvalue weighted by Crippen LogP contribution is -2.27. The van der Waals surface area contributed by atoms with Crippen LogP contribution in [0.15, 0.2) is 48.5 Å². The SMILES string of the molecule is O=C(Nc1ccccc1C(=O)NC1CC1)c1cccc(NC(=O)C2CCCCC2)c1. The van der Waals surface area contributed by atoms with E-state index in [0.717, 1.165) is 38.5 Å². The Morgan fingerprint density at radius 3 is 2.30 bits per heavy atom. The van der Waals surface area contributed by atoms with Gasteiger partial charge in [-0.3, -0.25) is 14.4 Å². The molecule has 0 saturated heterocycles. The number of anilines is 2. The molecule has 0 heterocycles. The summed E-state index contributed by atoms with van der Waals surface area (Å²) in [7, 11) is 0. The van der Waals surface area contributed by atoms with Gasteiger partial charge in [0.05, 0.1) is 11.3 Å². The van der Waals surface area contributed by atoms with Gasteiger partial charge in [-0.15, -0.1) is 0 Å². The third-order valence-corrected chi connectivity index (χ3v) is 5.70. The molecule has 0 aliphatic heterocycles. The zero-order valence-electron chi connectivity index (χ0n) is 16.9. The average Bonchev–Trinajstić information content (AvgIpc) is 3.59. The normalized spacial score (nSPS) is 16.5. The van der Waals surface area contributed by atoms with Crippen molar-refractivity contribution in [3.8, 4) is 0 Å². The van der Waals surface area contributed by atoms with Crippen molar-refractivity contribution in [3.63, 3.8) is 0 Å². The van der Waals surface area contributed by atoms with Crippen molar-refractivity contribution in [1.29, 1.82) is 0 Å². The predicted molar refractivity (Wildman–Crippen MR) is 117 cm³/mol. The molecule has 3 amide bonds. The summed E-state index contributed by atoms with van der Waals surface area (Å²) in [5.74, 6) is -0.431. The van der Waals surface area contributed by atoms with E-state index >= 15 is 0 Å². The molecular formula is C24H27N3O3. The number of benzene rings is 2. The highest BCUT2D eigenvalue weighted by atomic mass is 16.2. The Balaban J connectivity index is 1.43. The Hall–Kier alpha value is -3.15. The molecule has 2 aliphatic carbocycles. The molecule has 0 atom stereocenters. The third kappa shape index (κ3) is 5.06. The Kier molecular flexibility index (Phi) is 6.12. The molecule has 6 nitrogen and oxygen atoms in total. The first kappa shape index (κ1) is 20.1. The zero-order valence-corrected chi connectivity index (χ0v) is 16.9. The van der Waals surface area contributed by atoms with E-state index < -0.39 is 0 Å². The van der Waals surface area contributed by atoms with Gasteiger partial charge in [-0.2, -0.15) is 0 Å². The lowest BCUT2D eigenvalue weighted by molar-refractivity contribution is -0.120. The minimum absolute atomic E-state index is 0.0225. The Labute approximate surface area is 176 Å². The van der Waals surface area contributed by atoms with Gasteiger partial charge in [0.25, 0.3) is 11.8 Å². The third-order valence-electron chi connectivity index (χ3n) is 5.70. The molecule has 2 fully saturated rings. The predicted octanol–water partition coefficient (Wildman–Crippen LogP) is 4.35. The van der Waals surface area contributed by atoms with E-state index in [1.807, 2.05) is 0 Å². The zero-order chi connectivity index (χ0) is 20.9. The maximum Gasteiger partial charge on any atom is 0.255 e. The van der Waals surface area contributed by atoms with Crippen molar-refractivity contribution >= 4 is 29.1 Å². The van der Waals surface area contributed by atoms with Gasteiger partial charge in [0.15, 0.2) is 0 Å². The van der Waals surface area contributed by atoms with Gasteiger partial charge in [0.2, 0.25) is 5.91 Å². The summed E-state index contributed by atoms with van der Waals surface area (Å²) in [6, 6.07) is 14.1. The number of hydrogen-bond acceptors (Lipinski definition) is 3. The van der Waals surface area contributed by atoms with Gasteiger partial charge in [0.1, 0.15) is 0 Å². The van der Waals surface area contributed by atoms with E-state index in [0.29, 0.717) is 22.5 Å². The standard InChI is InChI=1S/C24H27N3O3/c28-22(16-7-2-1-3-8-16)26-19-10-6-9-17(15-19)23(29)27-21-12-5-4-11-20(21)24(30)25-18-13-14-18/h4-6,9-12,15-16,18H,1-3,7-8,13-14H2,(H,25,30)(H,26,28)(H,27,29). The number of nitrogens with one attached hydrogen (secondary N) is 3. The fraction of sp³-hybridized carbons (Fsp3) is 0.375. The van der Waals surface area contributed by atoms with Gasteiger partial charge >= 0.3 is 0 Å². The van der Waals surface area contributed by atoms with Crippen LogP contribution in [-0.4, -0.2) is 23.8 Å². The molecule has 2 aromatic carbocycles. The van der Waals surface area contributed by atoms with E-state index in [-0.39, 0.29) is 29.7 Å². The molecule has 2 aliphatic rings. The molecule has 0 bridgehead atoms. The molecular weight excluding hydrogens is 378 g/mol. The van der Waals surface area contributed by atoms with Crippen molar-refractivity contribution < 1.29 is 14.4 Å². The van der Waals surface area contributed by atoms with Crippen LogP contribution in [0.25, 0.3) is 0 Å². The summed E-state index contributed by atoms with van der Waals surface area (Å²) in [5.41, 5.74) is 1.95. The highest BCUT2D eigenvalue weighted by molar-refractivity contribution is 6.09. The van der Waals surface area contributed by atoms with Crippen LogP contribution >= 0.6 is 0 Å². The number of carbonyl (C=O) groups excluding carboxylic acids is 3. The van der Waals surface area contributed by atoms with Gasteiger partial charge in [-0.05, 0) is 56.0 Å². The van der Waals surface area contributed by atoms with E-state index in [2.05, 4.69) is 16.0 Å². The molecule has 0 aromatic heterocycles. The number of rotatable bonds is 6. The lowest BCUT2D eigenvalue weighted by atomic mass is 9.88. The smallest absolute Gasteiger partial charge is 0.255 e. The summed E-state index contributed by atoms with van der Waals surface area (Å²) in [4.78, 5) is 37.8. The van der Waals surface area contributed by atoms with E-state index in [4.69, 9.17) is 0 Å². The topological polar surface area (TPSA) is 87.3 Å².